The summed E-state index contributed by atoms with van der Waals surface area (Å²) in [5.74, 6) is 0.418. The van der Waals surface area contributed by atoms with E-state index in [0.717, 1.165) is 30.4 Å². The lowest BCUT2D eigenvalue weighted by Crippen LogP contribution is -2.48. The second-order valence-corrected chi connectivity index (χ2v) is 11.9. The number of fused-ring (bicyclic) bond motifs is 1. The third-order valence-electron chi connectivity index (χ3n) is 6.92. The number of amides is 2. The van der Waals surface area contributed by atoms with Crippen molar-refractivity contribution in [1.29, 1.82) is 0 Å². The van der Waals surface area contributed by atoms with Crippen LogP contribution < -0.4 is 5.32 Å². The highest BCUT2D eigenvalue weighted by Gasteiger charge is 2.36. The number of hydrogen-bond donors (Lipinski definition) is 1. The van der Waals surface area contributed by atoms with Gasteiger partial charge in [-0.05, 0) is 69.1 Å². The Balaban J connectivity index is 1.70. The first-order chi connectivity index (χ1) is 15.5. The van der Waals surface area contributed by atoms with E-state index in [2.05, 4.69) is 26.1 Å². The van der Waals surface area contributed by atoms with Gasteiger partial charge < -0.3 is 15.0 Å². The molecule has 2 aliphatic rings. The van der Waals surface area contributed by atoms with Crippen LogP contribution in [0.25, 0.3) is 0 Å². The van der Waals surface area contributed by atoms with Gasteiger partial charge in [0, 0.05) is 23.5 Å². The molecule has 3 atom stereocenters. The number of ether oxygens (including phenoxy) is 1. The zero-order valence-corrected chi connectivity index (χ0v) is 21.5. The molecular weight excluding hydrogens is 432 g/mol. The zero-order valence-electron chi connectivity index (χ0n) is 20.7. The van der Waals surface area contributed by atoms with Gasteiger partial charge in [0.2, 0.25) is 0 Å². The summed E-state index contributed by atoms with van der Waals surface area (Å²) in [4.78, 5) is 30.1. The maximum absolute atomic E-state index is 13.8. The standard InChI is InChI=1S/C27H36N2O3S/c1-16-8-7-9-19(12-16)24(30)28-25-23(26(31)29-14-17(2)32-18(3)15-29)21-11-10-20(27(4,5)6)13-22(21)33-25/h7-9,12,17-18,20H,10-11,13-15H2,1-6H3,(H,28,30)/t17-,18-,20+/m0/s1. The first-order valence-electron chi connectivity index (χ1n) is 12.0. The zero-order chi connectivity index (χ0) is 23.9. The van der Waals surface area contributed by atoms with Gasteiger partial charge in [0.25, 0.3) is 11.8 Å². The number of nitrogens with one attached hydrogen (secondary N) is 1. The van der Waals surface area contributed by atoms with Gasteiger partial charge >= 0.3 is 0 Å². The summed E-state index contributed by atoms with van der Waals surface area (Å²) in [5.41, 5.74) is 3.70. The van der Waals surface area contributed by atoms with Crippen molar-refractivity contribution >= 4 is 28.2 Å². The summed E-state index contributed by atoms with van der Waals surface area (Å²) in [5, 5.41) is 3.80. The molecule has 0 unspecified atom stereocenters. The van der Waals surface area contributed by atoms with E-state index in [9.17, 15) is 9.59 Å². The number of benzene rings is 1. The van der Waals surface area contributed by atoms with Gasteiger partial charge in [0.1, 0.15) is 5.00 Å². The Kier molecular flexibility index (Phi) is 6.70. The van der Waals surface area contributed by atoms with Crippen LogP contribution in [-0.4, -0.2) is 42.0 Å². The molecule has 1 saturated heterocycles. The summed E-state index contributed by atoms with van der Waals surface area (Å²) >= 11 is 1.59. The van der Waals surface area contributed by atoms with E-state index in [1.165, 1.54) is 4.88 Å². The molecule has 178 valence electrons. The lowest BCUT2D eigenvalue weighted by molar-refractivity contribution is -0.0586. The molecule has 1 fully saturated rings. The molecule has 1 aliphatic heterocycles. The van der Waals surface area contributed by atoms with Crippen molar-refractivity contribution in [1.82, 2.24) is 4.90 Å². The van der Waals surface area contributed by atoms with Crippen LogP contribution in [0.5, 0.6) is 0 Å². The van der Waals surface area contributed by atoms with Gasteiger partial charge in [-0.1, -0.05) is 38.5 Å². The average molecular weight is 469 g/mol. The third-order valence-corrected chi connectivity index (χ3v) is 8.09. The number of anilines is 1. The van der Waals surface area contributed by atoms with Crippen LogP contribution in [0, 0.1) is 18.3 Å². The van der Waals surface area contributed by atoms with Crippen molar-refractivity contribution in [3.63, 3.8) is 0 Å². The summed E-state index contributed by atoms with van der Waals surface area (Å²) in [6, 6.07) is 7.56. The molecule has 1 aromatic carbocycles. The molecule has 0 saturated carbocycles. The van der Waals surface area contributed by atoms with Crippen LogP contribution in [0.3, 0.4) is 0 Å². The number of aryl methyl sites for hydroxylation is 1. The highest BCUT2D eigenvalue weighted by atomic mass is 32.1. The second kappa shape index (κ2) is 9.22. The van der Waals surface area contributed by atoms with Gasteiger partial charge in [-0.2, -0.15) is 0 Å². The van der Waals surface area contributed by atoms with Crippen LogP contribution in [0.1, 0.15) is 77.8 Å². The van der Waals surface area contributed by atoms with Gasteiger partial charge in [-0.25, -0.2) is 0 Å². The lowest BCUT2D eigenvalue weighted by atomic mass is 9.72. The van der Waals surface area contributed by atoms with Crippen LogP contribution in [0.4, 0.5) is 5.00 Å². The van der Waals surface area contributed by atoms with Crippen molar-refractivity contribution < 1.29 is 14.3 Å². The second-order valence-electron chi connectivity index (χ2n) is 10.8. The van der Waals surface area contributed by atoms with Crippen molar-refractivity contribution in [2.75, 3.05) is 18.4 Å². The summed E-state index contributed by atoms with van der Waals surface area (Å²) in [7, 11) is 0. The van der Waals surface area contributed by atoms with Crippen molar-refractivity contribution in [3.05, 3.63) is 51.4 Å². The number of carbonyl (C=O) groups is 2. The number of thiophene rings is 1. The van der Waals surface area contributed by atoms with Crippen LogP contribution >= 0.6 is 11.3 Å². The van der Waals surface area contributed by atoms with Gasteiger partial charge in [0.15, 0.2) is 0 Å². The molecule has 4 rings (SSSR count). The van der Waals surface area contributed by atoms with Crippen molar-refractivity contribution in [3.8, 4) is 0 Å². The minimum atomic E-state index is -0.164. The molecule has 6 heteroatoms. The Bertz CT molecular complexity index is 1040. The summed E-state index contributed by atoms with van der Waals surface area (Å²) < 4.78 is 5.85. The third kappa shape index (κ3) is 5.17. The lowest BCUT2D eigenvalue weighted by Gasteiger charge is -2.36. The van der Waals surface area contributed by atoms with Crippen LogP contribution in [0.2, 0.25) is 0 Å². The predicted molar refractivity (Wildman–Crippen MR) is 134 cm³/mol. The molecule has 2 heterocycles. The summed E-state index contributed by atoms with van der Waals surface area (Å²) in [6.07, 6.45) is 2.91. The minimum absolute atomic E-state index is 0.00256. The summed E-state index contributed by atoms with van der Waals surface area (Å²) in [6.45, 7) is 14.0. The Morgan fingerprint density at radius 1 is 1.15 bits per heavy atom. The maximum atomic E-state index is 13.8. The largest absolute Gasteiger partial charge is 0.372 e. The quantitative estimate of drug-likeness (QED) is 0.628. The molecule has 1 aliphatic carbocycles. The van der Waals surface area contributed by atoms with E-state index in [4.69, 9.17) is 4.74 Å². The molecule has 1 N–H and O–H groups in total. The Labute approximate surface area is 201 Å². The number of nitrogens with zero attached hydrogens (tertiary/aromatic N) is 1. The van der Waals surface area contributed by atoms with Crippen LogP contribution in [-0.2, 0) is 17.6 Å². The van der Waals surface area contributed by atoms with Crippen LogP contribution in [0.15, 0.2) is 24.3 Å². The Hall–Kier alpha value is -2.18. The maximum Gasteiger partial charge on any atom is 0.257 e. The minimum Gasteiger partial charge on any atom is -0.372 e. The highest BCUT2D eigenvalue weighted by molar-refractivity contribution is 7.17. The molecule has 33 heavy (non-hydrogen) atoms. The SMILES string of the molecule is Cc1cccc(C(=O)Nc2sc3c(c2C(=O)N2C[C@H](C)O[C@@H](C)C2)CC[C@@H](C(C)(C)C)C3)c1. The normalized spacial score (nSPS) is 23.2. The molecular formula is C27H36N2O3S. The molecule has 0 bridgehead atoms. The Morgan fingerprint density at radius 3 is 2.48 bits per heavy atom. The van der Waals surface area contributed by atoms with Crippen molar-refractivity contribution in [2.24, 2.45) is 11.3 Å². The predicted octanol–water partition coefficient (Wildman–Crippen LogP) is 5.71. The fourth-order valence-electron chi connectivity index (χ4n) is 5.10. The molecule has 2 aromatic rings. The molecule has 2 amide bonds. The van der Waals surface area contributed by atoms with Gasteiger partial charge in [-0.15, -0.1) is 11.3 Å². The first kappa shape index (κ1) is 24.0. The number of rotatable bonds is 3. The van der Waals surface area contributed by atoms with Crippen molar-refractivity contribution in [2.45, 2.75) is 73.0 Å². The van der Waals surface area contributed by atoms with Gasteiger partial charge in [-0.3, -0.25) is 9.59 Å². The number of hydrogen-bond acceptors (Lipinski definition) is 4. The highest BCUT2D eigenvalue weighted by Crippen LogP contribution is 2.45. The number of carbonyl (C=O) groups excluding carboxylic acids is 2. The van der Waals surface area contributed by atoms with E-state index in [1.54, 1.807) is 11.3 Å². The Morgan fingerprint density at radius 2 is 1.85 bits per heavy atom. The molecule has 0 spiro atoms. The van der Waals surface area contributed by atoms with E-state index in [-0.39, 0.29) is 29.4 Å². The van der Waals surface area contributed by atoms with Gasteiger partial charge in [0.05, 0.1) is 17.8 Å². The molecule has 5 nitrogen and oxygen atoms in total. The monoisotopic (exact) mass is 468 g/mol. The fourth-order valence-corrected chi connectivity index (χ4v) is 6.42. The van der Waals surface area contributed by atoms with E-state index >= 15 is 0 Å². The topological polar surface area (TPSA) is 58.6 Å². The van der Waals surface area contributed by atoms with E-state index in [0.29, 0.717) is 35.1 Å². The number of morpholine rings is 1. The first-order valence-corrected chi connectivity index (χ1v) is 12.8. The smallest absolute Gasteiger partial charge is 0.257 e. The fraction of sp³-hybridized carbons (Fsp3) is 0.556. The molecule has 1 aromatic heterocycles. The van der Waals surface area contributed by atoms with E-state index in [1.807, 2.05) is 49.9 Å². The average Bonchev–Trinajstić information content (AvgIpc) is 3.08. The van der Waals surface area contributed by atoms with E-state index < -0.39 is 0 Å². The molecule has 0 radical (unpaired) electrons.